The Kier molecular flexibility index (Phi) is 3.72. The van der Waals surface area contributed by atoms with Crippen molar-refractivity contribution in [1.82, 2.24) is 9.88 Å². The maximum absolute atomic E-state index is 10.9. The molecule has 2 heterocycles. The van der Waals surface area contributed by atoms with Gasteiger partial charge in [-0.05, 0) is 37.9 Å². The summed E-state index contributed by atoms with van der Waals surface area (Å²) < 4.78 is 0. The normalized spacial score (nSPS) is 19.3. The van der Waals surface area contributed by atoms with E-state index in [0.29, 0.717) is 0 Å². The van der Waals surface area contributed by atoms with Gasteiger partial charge in [0.2, 0.25) is 0 Å². The van der Waals surface area contributed by atoms with E-state index in [0.717, 1.165) is 48.9 Å². The first-order chi connectivity index (χ1) is 9.71. The van der Waals surface area contributed by atoms with Crippen molar-refractivity contribution in [3.8, 4) is 0 Å². The molecule has 106 valence electrons. The Labute approximate surface area is 120 Å². The molecule has 0 spiro atoms. The lowest BCUT2D eigenvalue weighted by Gasteiger charge is -2.38. The van der Waals surface area contributed by atoms with Crippen LogP contribution in [-0.4, -0.2) is 34.6 Å². The van der Waals surface area contributed by atoms with Crippen LogP contribution in [0.3, 0.4) is 0 Å². The van der Waals surface area contributed by atoms with E-state index >= 15 is 0 Å². The Morgan fingerprint density at radius 3 is 2.75 bits per heavy atom. The highest BCUT2D eigenvalue weighted by molar-refractivity contribution is 5.78. The number of likely N-dealkylation sites (tertiary alicyclic amines) is 1. The third-order valence-corrected chi connectivity index (χ3v) is 4.35. The summed E-state index contributed by atoms with van der Waals surface area (Å²) in [5.41, 5.74) is 1.25. The van der Waals surface area contributed by atoms with Crippen LogP contribution in [-0.2, 0) is 5.60 Å². The molecule has 0 atom stereocenters. The average Bonchev–Trinajstić information content (AvgIpc) is 2.49. The smallest absolute Gasteiger partial charge is 0.0935 e. The van der Waals surface area contributed by atoms with Gasteiger partial charge in [-0.15, -0.1) is 0 Å². The number of rotatable bonds is 3. The quantitative estimate of drug-likeness (QED) is 0.931. The molecule has 3 rings (SSSR count). The number of benzene rings is 1. The van der Waals surface area contributed by atoms with Gasteiger partial charge in [0.05, 0.1) is 11.1 Å². The maximum Gasteiger partial charge on any atom is 0.0935 e. The number of hydrogen-bond acceptors (Lipinski definition) is 3. The Bertz CT molecular complexity index is 588. The summed E-state index contributed by atoms with van der Waals surface area (Å²) in [5, 5.41) is 12.0. The van der Waals surface area contributed by atoms with E-state index in [1.54, 1.807) is 0 Å². The van der Waals surface area contributed by atoms with Crippen molar-refractivity contribution in [3.63, 3.8) is 0 Å². The minimum atomic E-state index is -0.707. The van der Waals surface area contributed by atoms with Crippen LogP contribution >= 0.6 is 0 Å². The summed E-state index contributed by atoms with van der Waals surface area (Å²) in [6, 6.07) is 10.2. The second kappa shape index (κ2) is 5.51. The highest BCUT2D eigenvalue weighted by Crippen LogP contribution is 2.33. The minimum absolute atomic E-state index is 0.707. The Balaban J connectivity index is 1.83. The fourth-order valence-electron chi connectivity index (χ4n) is 3.08. The van der Waals surface area contributed by atoms with Gasteiger partial charge < -0.3 is 10.0 Å². The highest BCUT2D eigenvalue weighted by atomic mass is 16.3. The first kappa shape index (κ1) is 13.5. The van der Waals surface area contributed by atoms with Crippen LogP contribution in [0.15, 0.2) is 36.5 Å². The monoisotopic (exact) mass is 270 g/mol. The lowest BCUT2D eigenvalue weighted by Crippen LogP contribution is -2.42. The van der Waals surface area contributed by atoms with E-state index in [2.05, 4.69) is 28.9 Å². The lowest BCUT2D eigenvalue weighted by atomic mass is 9.85. The molecule has 3 heteroatoms. The molecule has 1 aromatic heterocycles. The van der Waals surface area contributed by atoms with E-state index in [1.165, 1.54) is 6.42 Å². The maximum atomic E-state index is 10.9. The van der Waals surface area contributed by atoms with E-state index in [-0.39, 0.29) is 0 Å². The Hall–Kier alpha value is -1.45. The van der Waals surface area contributed by atoms with Crippen LogP contribution in [0.5, 0.6) is 0 Å². The van der Waals surface area contributed by atoms with Crippen molar-refractivity contribution >= 4 is 10.9 Å². The van der Waals surface area contributed by atoms with E-state index < -0.39 is 5.60 Å². The summed E-state index contributed by atoms with van der Waals surface area (Å²) in [6.07, 6.45) is 4.62. The van der Waals surface area contributed by atoms with Crippen molar-refractivity contribution in [2.45, 2.75) is 31.8 Å². The summed E-state index contributed by atoms with van der Waals surface area (Å²) >= 11 is 0. The predicted octanol–water partition coefficient (Wildman–Crippen LogP) is 2.93. The zero-order valence-corrected chi connectivity index (χ0v) is 12.0. The van der Waals surface area contributed by atoms with E-state index in [1.807, 2.05) is 24.4 Å². The second-order valence-electron chi connectivity index (χ2n) is 5.79. The van der Waals surface area contributed by atoms with Crippen LogP contribution in [0.25, 0.3) is 10.9 Å². The Morgan fingerprint density at radius 1 is 1.25 bits per heavy atom. The minimum Gasteiger partial charge on any atom is -0.385 e. The molecular weight excluding hydrogens is 248 g/mol. The zero-order valence-electron chi connectivity index (χ0n) is 12.0. The first-order valence-corrected chi connectivity index (χ1v) is 7.51. The van der Waals surface area contributed by atoms with Gasteiger partial charge in [-0.2, -0.15) is 0 Å². The number of para-hydroxylation sites is 1. The van der Waals surface area contributed by atoms with Crippen molar-refractivity contribution < 1.29 is 5.11 Å². The van der Waals surface area contributed by atoms with E-state index in [4.69, 9.17) is 0 Å². The van der Waals surface area contributed by atoms with E-state index in [9.17, 15) is 5.11 Å². The van der Waals surface area contributed by atoms with Gasteiger partial charge >= 0.3 is 0 Å². The molecule has 0 bridgehead atoms. The molecule has 0 saturated carbocycles. The fourth-order valence-corrected chi connectivity index (χ4v) is 3.08. The van der Waals surface area contributed by atoms with Crippen molar-refractivity contribution in [3.05, 3.63) is 42.1 Å². The summed E-state index contributed by atoms with van der Waals surface area (Å²) in [6.45, 7) is 5.27. The van der Waals surface area contributed by atoms with Crippen LogP contribution < -0.4 is 0 Å². The van der Waals surface area contributed by atoms with Crippen LogP contribution in [0.2, 0.25) is 0 Å². The molecule has 1 N–H and O–H groups in total. The number of piperidine rings is 1. The Morgan fingerprint density at radius 2 is 2.00 bits per heavy atom. The third-order valence-electron chi connectivity index (χ3n) is 4.35. The van der Waals surface area contributed by atoms with Gasteiger partial charge in [0.1, 0.15) is 0 Å². The molecule has 0 radical (unpaired) electrons. The molecular formula is C17H22N2O. The zero-order chi connectivity index (χ0) is 14.0. The van der Waals surface area contributed by atoms with Crippen molar-refractivity contribution in [1.29, 1.82) is 0 Å². The van der Waals surface area contributed by atoms with Crippen LogP contribution in [0.4, 0.5) is 0 Å². The van der Waals surface area contributed by atoms with Gasteiger partial charge in [-0.1, -0.05) is 25.1 Å². The van der Waals surface area contributed by atoms with Gasteiger partial charge in [0.25, 0.3) is 0 Å². The number of pyridine rings is 1. The van der Waals surface area contributed by atoms with Gasteiger partial charge in [-0.3, -0.25) is 4.98 Å². The fraction of sp³-hybridized carbons (Fsp3) is 0.471. The third kappa shape index (κ3) is 2.56. The number of fused-ring (bicyclic) bond motifs is 1. The molecule has 1 fully saturated rings. The molecule has 20 heavy (non-hydrogen) atoms. The SMILES string of the molecule is CCCN1CCC(O)(c2cnc3ccccc3c2)CC1. The predicted molar refractivity (Wildman–Crippen MR) is 81.6 cm³/mol. The number of aliphatic hydroxyl groups is 1. The average molecular weight is 270 g/mol. The summed E-state index contributed by atoms with van der Waals surface area (Å²) in [4.78, 5) is 6.92. The molecule has 1 aromatic carbocycles. The molecule has 2 aromatic rings. The standard InChI is InChI=1S/C17H22N2O/c1-2-9-19-10-7-17(20,8-11-19)15-12-14-5-3-4-6-16(14)18-13-15/h3-6,12-13,20H,2,7-11H2,1H3. The first-order valence-electron chi connectivity index (χ1n) is 7.51. The number of aromatic nitrogens is 1. The molecule has 1 aliphatic heterocycles. The number of nitrogens with zero attached hydrogens (tertiary/aromatic N) is 2. The number of hydrogen-bond donors (Lipinski definition) is 1. The largest absolute Gasteiger partial charge is 0.385 e. The van der Waals surface area contributed by atoms with Crippen molar-refractivity contribution in [2.75, 3.05) is 19.6 Å². The van der Waals surface area contributed by atoms with Gasteiger partial charge in [0, 0.05) is 30.2 Å². The topological polar surface area (TPSA) is 36.4 Å². The summed E-state index contributed by atoms with van der Waals surface area (Å²) in [7, 11) is 0. The molecule has 3 nitrogen and oxygen atoms in total. The highest BCUT2D eigenvalue weighted by Gasteiger charge is 2.34. The summed E-state index contributed by atoms with van der Waals surface area (Å²) in [5.74, 6) is 0. The molecule has 0 amide bonds. The molecule has 1 saturated heterocycles. The van der Waals surface area contributed by atoms with Gasteiger partial charge in [-0.25, -0.2) is 0 Å². The second-order valence-corrected chi connectivity index (χ2v) is 5.79. The van der Waals surface area contributed by atoms with Gasteiger partial charge in [0.15, 0.2) is 0 Å². The molecule has 1 aliphatic rings. The molecule has 0 unspecified atom stereocenters. The van der Waals surface area contributed by atoms with Crippen LogP contribution in [0.1, 0.15) is 31.7 Å². The van der Waals surface area contributed by atoms with Crippen LogP contribution in [0, 0.1) is 0 Å². The van der Waals surface area contributed by atoms with Crippen molar-refractivity contribution in [2.24, 2.45) is 0 Å². The lowest BCUT2D eigenvalue weighted by molar-refractivity contribution is -0.0259. The molecule has 0 aliphatic carbocycles.